The molecule has 1 aromatic carbocycles. The number of ether oxygens (including phenoxy) is 1. The zero-order valence-corrected chi connectivity index (χ0v) is 11.9. The Labute approximate surface area is 121 Å². The van der Waals surface area contributed by atoms with Gasteiger partial charge in [0.2, 0.25) is 0 Å². The number of alkyl carbamates (subject to hydrolysis) is 1. The van der Waals surface area contributed by atoms with E-state index in [-0.39, 0.29) is 12.4 Å². The number of carbonyl (C=O) groups is 2. The van der Waals surface area contributed by atoms with E-state index < -0.39 is 6.09 Å². The molecule has 1 amide bonds. The number of rotatable bonds is 5. The van der Waals surface area contributed by atoms with Crippen LogP contribution in [0, 0.1) is 0 Å². The highest BCUT2D eigenvalue weighted by Gasteiger charge is 2.04. The molecule has 104 valence electrons. The first-order valence-corrected chi connectivity index (χ1v) is 7.06. The number of benzene rings is 1. The fourth-order valence-electron chi connectivity index (χ4n) is 1.61. The van der Waals surface area contributed by atoms with E-state index in [1.165, 1.54) is 6.92 Å². The van der Waals surface area contributed by atoms with Crippen molar-refractivity contribution in [1.82, 2.24) is 5.32 Å². The van der Waals surface area contributed by atoms with Crippen LogP contribution < -0.4 is 5.32 Å². The van der Waals surface area contributed by atoms with Crippen molar-refractivity contribution in [2.24, 2.45) is 0 Å². The molecule has 0 unspecified atom stereocenters. The zero-order valence-electron chi connectivity index (χ0n) is 11.1. The van der Waals surface area contributed by atoms with Crippen LogP contribution >= 0.6 is 11.3 Å². The van der Waals surface area contributed by atoms with E-state index in [9.17, 15) is 9.59 Å². The first kappa shape index (κ1) is 14.3. The Kier molecular flexibility index (Phi) is 4.90. The average Bonchev–Trinajstić information content (AvgIpc) is 2.96. The Morgan fingerprint density at radius 1 is 1.20 bits per heavy atom. The summed E-state index contributed by atoms with van der Waals surface area (Å²) in [5.74, 6) is 0.0277. The first-order chi connectivity index (χ1) is 9.65. The third kappa shape index (κ3) is 4.20. The number of carbonyl (C=O) groups excluding carboxylic acids is 2. The van der Waals surface area contributed by atoms with Gasteiger partial charge < -0.3 is 10.1 Å². The van der Waals surface area contributed by atoms with Gasteiger partial charge in [-0.3, -0.25) is 4.79 Å². The maximum Gasteiger partial charge on any atom is 0.407 e. The van der Waals surface area contributed by atoms with Crippen LogP contribution in [0.3, 0.4) is 0 Å². The lowest BCUT2D eigenvalue weighted by atomic mass is 10.1. The largest absolute Gasteiger partial charge is 0.444 e. The molecule has 1 heterocycles. The van der Waals surface area contributed by atoms with Gasteiger partial charge in [-0.2, -0.15) is 0 Å². The van der Waals surface area contributed by atoms with Gasteiger partial charge in [-0.25, -0.2) is 4.79 Å². The summed E-state index contributed by atoms with van der Waals surface area (Å²) in [6.45, 7) is 2.18. The van der Waals surface area contributed by atoms with E-state index in [0.717, 1.165) is 10.4 Å². The van der Waals surface area contributed by atoms with Crippen LogP contribution in [0.2, 0.25) is 0 Å². The molecule has 0 fully saturated rings. The second-order valence-electron chi connectivity index (χ2n) is 4.26. The topological polar surface area (TPSA) is 55.4 Å². The van der Waals surface area contributed by atoms with Crippen LogP contribution in [0.15, 0.2) is 41.8 Å². The molecule has 0 aliphatic carbocycles. The summed E-state index contributed by atoms with van der Waals surface area (Å²) in [7, 11) is 0. The molecule has 0 saturated heterocycles. The zero-order chi connectivity index (χ0) is 14.4. The molecule has 0 spiro atoms. The maximum absolute atomic E-state index is 11.5. The minimum absolute atomic E-state index is 0.0277. The van der Waals surface area contributed by atoms with Crippen molar-refractivity contribution in [1.29, 1.82) is 0 Å². The highest BCUT2D eigenvalue weighted by Crippen LogP contribution is 2.09. The number of ketones is 1. The molecule has 2 aromatic rings. The van der Waals surface area contributed by atoms with Crippen molar-refractivity contribution in [2.75, 3.05) is 0 Å². The molecule has 0 atom stereocenters. The predicted molar refractivity (Wildman–Crippen MR) is 77.8 cm³/mol. The van der Waals surface area contributed by atoms with Gasteiger partial charge in [-0.1, -0.05) is 30.3 Å². The Balaban J connectivity index is 1.76. The molecule has 5 heteroatoms. The van der Waals surface area contributed by atoms with Crippen molar-refractivity contribution >= 4 is 23.2 Å². The van der Waals surface area contributed by atoms with Crippen LogP contribution in [-0.4, -0.2) is 11.9 Å². The van der Waals surface area contributed by atoms with Crippen LogP contribution in [0.1, 0.15) is 27.7 Å². The Bertz CT molecular complexity index is 576. The maximum atomic E-state index is 11.5. The molecule has 0 aliphatic heterocycles. The normalized spacial score (nSPS) is 10.1. The lowest BCUT2D eigenvalue weighted by molar-refractivity contribution is 0.101. The van der Waals surface area contributed by atoms with Gasteiger partial charge in [0.25, 0.3) is 0 Å². The summed E-state index contributed by atoms with van der Waals surface area (Å²) in [5.41, 5.74) is 1.58. The third-order valence-corrected chi connectivity index (χ3v) is 3.57. The fourth-order valence-corrected chi connectivity index (χ4v) is 2.23. The van der Waals surface area contributed by atoms with Crippen molar-refractivity contribution in [2.45, 2.75) is 20.1 Å². The van der Waals surface area contributed by atoms with Gasteiger partial charge in [0, 0.05) is 17.0 Å². The smallest absolute Gasteiger partial charge is 0.407 e. The molecule has 0 bridgehead atoms. The monoisotopic (exact) mass is 289 g/mol. The molecule has 1 aromatic heterocycles. The van der Waals surface area contributed by atoms with E-state index in [2.05, 4.69) is 5.32 Å². The summed E-state index contributed by atoms with van der Waals surface area (Å²) < 4.78 is 5.08. The van der Waals surface area contributed by atoms with E-state index in [1.807, 2.05) is 29.6 Å². The quantitative estimate of drug-likeness (QED) is 0.858. The highest BCUT2D eigenvalue weighted by molar-refractivity contribution is 7.09. The number of hydrogen-bond donors (Lipinski definition) is 1. The van der Waals surface area contributed by atoms with E-state index in [1.54, 1.807) is 23.5 Å². The van der Waals surface area contributed by atoms with Crippen molar-refractivity contribution in [3.63, 3.8) is 0 Å². The third-order valence-electron chi connectivity index (χ3n) is 2.72. The van der Waals surface area contributed by atoms with Crippen LogP contribution in [0.25, 0.3) is 0 Å². The van der Waals surface area contributed by atoms with Gasteiger partial charge in [0.15, 0.2) is 5.78 Å². The fraction of sp³-hybridized carbons (Fsp3) is 0.200. The van der Waals surface area contributed by atoms with Gasteiger partial charge >= 0.3 is 6.09 Å². The minimum atomic E-state index is -0.450. The Morgan fingerprint density at radius 2 is 1.95 bits per heavy atom. The minimum Gasteiger partial charge on any atom is -0.444 e. The molecule has 4 nitrogen and oxygen atoms in total. The second kappa shape index (κ2) is 6.86. The first-order valence-electron chi connectivity index (χ1n) is 6.18. The average molecular weight is 289 g/mol. The molecule has 20 heavy (non-hydrogen) atoms. The summed E-state index contributed by atoms with van der Waals surface area (Å²) in [6.07, 6.45) is -0.450. The molecule has 0 aliphatic rings. The molecular formula is C15H15NO3S. The molecular weight excluding hydrogens is 274 g/mol. The summed E-state index contributed by atoms with van der Waals surface area (Å²) in [4.78, 5) is 23.6. The van der Waals surface area contributed by atoms with Crippen LogP contribution in [0.4, 0.5) is 4.79 Å². The van der Waals surface area contributed by atoms with E-state index in [4.69, 9.17) is 4.74 Å². The summed E-state index contributed by atoms with van der Waals surface area (Å²) in [5, 5.41) is 4.61. The van der Waals surface area contributed by atoms with E-state index in [0.29, 0.717) is 12.1 Å². The SMILES string of the molecule is CC(=O)c1ccc(CNC(=O)OCc2cccs2)cc1. The Hall–Kier alpha value is -2.14. The lowest BCUT2D eigenvalue weighted by Gasteiger charge is -2.06. The summed E-state index contributed by atoms with van der Waals surface area (Å²) >= 11 is 1.55. The number of amides is 1. The van der Waals surface area contributed by atoms with Gasteiger partial charge in [0.05, 0.1) is 0 Å². The molecule has 2 rings (SSSR count). The number of nitrogens with one attached hydrogen (secondary N) is 1. The number of Topliss-reactive ketones (excluding diaryl/α,β-unsaturated/α-hetero) is 1. The van der Waals surface area contributed by atoms with Gasteiger partial charge in [-0.15, -0.1) is 11.3 Å². The van der Waals surface area contributed by atoms with Crippen molar-refractivity contribution in [3.05, 3.63) is 57.8 Å². The van der Waals surface area contributed by atoms with Crippen LogP contribution in [-0.2, 0) is 17.9 Å². The molecule has 1 N–H and O–H groups in total. The number of thiophene rings is 1. The molecule has 0 radical (unpaired) electrons. The van der Waals surface area contributed by atoms with Gasteiger partial charge in [-0.05, 0) is 23.9 Å². The standard InChI is InChI=1S/C15H15NO3S/c1-11(17)13-6-4-12(5-7-13)9-16-15(18)19-10-14-3-2-8-20-14/h2-8H,9-10H2,1H3,(H,16,18). The van der Waals surface area contributed by atoms with Crippen LogP contribution in [0.5, 0.6) is 0 Å². The van der Waals surface area contributed by atoms with E-state index >= 15 is 0 Å². The highest BCUT2D eigenvalue weighted by atomic mass is 32.1. The predicted octanol–water partition coefficient (Wildman–Crippen LogP) is 3.38. The van der Waals surface area contributed by atoms with Gasteiger partial charge in [0.1, 0.15) is 6.61 Å². The molecule has 0 saturated carbocycles. The summed E-state index contributed by atoms with van der Waals surface area (Å²) in [6, 6.07) is 11.0. The van der Waals surface area contributed by atoms with Crippen molar-refractivity contribution < 1.29 is 14.3 Å². The second-order valence-corrected chi connectivity index (χ2v) is 5.29. The lowest BCUT2D eigenvalue weighted by Crippen LogP contribution is -2.23. The Morgan fingerprint density at radius 3 is 2.55 bits per heavy atom. The van der Waals surface area contributed by atoms with Crippen molar-refractivity contribution in [3.8, 4) is 0 Å². The number of hydrogen-bond acceptors (Lipinski definition) is 4.